The maximum atomic E-state index is 12.0. The quantitative estimate of drug-likeness (QED) is 0.491. The number of benzene rings is 1. The Balaban J connectivity index is 2.69. The van der Waals surface area contributed by atoms with Crippen molar-refractivity contribution in [1.29, 1.82) is 5.26 Å². The van der Waals surface area contributed by atoms with E-state index in [0.717, 1.165) is 17.9 Å². The van der Waals surface area contributed by atoms with Crippen molar-refractivity contribution < 1.29 is 14.3 Å². The van der Waals surface area contributed by atoms with Crippen LogP contribution in [0, 0.1) is 11.3 Å². The monoisotopic (exact) mass is 358 g/mol. The first-order chi connectivity index (χ1) is 12.2. The van der Waals surface area contributed by atoms with Crippen molar-refractivity contribution in [3.05, 3.63) is 42.0 Å². The molecule has 0 radical (unpaired) electrons. The number of esters is 1. The van der Waals surface area contributed by atoms with Crippen molar-refractivity contribution in [2.24, 2.45) is 0 Å². The number of carbonyl (C=O) groups excluding carboxylic acids is 1. The van der Waals surface area contributed by atoms with Gasteiger partial charge in [0.15, 0.2) is 0 Å². The van der Waals surface area contributed by atoms with E-state index < -0.39 is 5.60 Å². The molecule has 1 unspecified atom stereocenters. The Morgan fingerprint density at radius 3 is 2.50 bits per heavy atom. The lowest BCUT2D eigenvalue weighted by molar-refractivity contribution is -0.155. The molecule has 142 valence electrons. The number of hydrogen-bond acceptors (Lipinski definition) is 5. The molecule has 5 heteroatoms. The standard InChI is InChI=1S/C21H30N2O3/c1-17(8-13-20(24)26-21(2,3)4)23(15-7-6-14-22)16-18-9-11-19(25-5)12-10-18/h6-7,9-12,17H,8,13,15-16H2,1-5H3/b7-6+. The Morgan fingerprint density at radius 2 is 1.96 bits per heavy atom. The van der Waals surface area contributed by atoms with E-state index in [9.17, 15) is 4.79 Å². The molecule has 1 aromatic rings. The topological polar surface area (TPSA) is 62.6 Å². The summed E-state index contributed by atoms with van der Waals surface area (Å²) in [6.45, 7) is 9.09. The summed E-state index contributed by atoms with van der Waals surface area (Å²) < 4.78 is 10.6. The molecule has 0 N–H and O–H groups in total. The van der Waals surface area contributed by atoms with E-state index in [-0.39, 0.29) is 12.0 Å². The predicted molar refractivity (Wildman–Crippen MR) is 103 cm³/mol. The van der Waals surface area contributed by atoms with E-state index in [0.29, 0.717) is 19.4 Å². The number of carbonyl (C=O) groups is 1. The van der Waals surface area contributed by atoms with E-state index in [2.05, 4.69) is 11.8 Å². The summed E-state index contributed by atoms with van der Waals surface area (Å²) in [6.07, 6.45) is 4.40. The van der Waals surface area contributed by atoms with Gasteiger partial charge in [0.05, 0.1) is 13.2 Å². The first-order valence-corrected chi connectivity index (χ1v) is 8.88. The van der Waals surface area contributed by atoms with Crippen LogP contribution in [0.25, 0.3) is 0 Å². The van der Waals surface area contributed by atoms with Gasteiger partial charge in [0.2, 0.25) is 0 Å². The van der Waals surface area contributed by atoms with Gasteiger partial charge in [-0.1, -0.05) is 18.2 Å². The molecule has 1 rings (SSSR count). The fraction of sp³-hybridized carbons (Fsp3) is 0.524. The van der Waals surface area contributed by atoms with E-state index in [1.807, 2.05) is 57.2 Å². The summed E-state index contributed by atoms with van der Waals surface area (Å²) in [4.78, 5) is 14.2. The number of rotatable bonds is 9. The van der Waals surface area contributed by atoms with Gasteiger partial charge in [0.25, 0.3) is 0 Å². The number of nitrogens with zero attached hydrogens (tertiary/aromatic N) is 2. The molecule has 0 fully saturated rings. The predicted octanol–water partition coefficient (Wildman–Crippen LogP) is 4.09. The Hall–Kier alpha value is -2.32. The smallest absolute Gasteiger partial charge is 0.306 e. The minimum Gasteiger partial charge on any atom is -0.497 e. The van der Waals surface area contributed by atoms with Crippen LogP contribution in [0.15, 0.2) is 36.4 Å². The van der Waals surface area contributed by atoms with Crippen molar-refractivity contribution in [2.75, 3.05) is 13.7 Å². The van der Waals surface area contributed by atoms with Crippen LogP contribution in [0.5, 0.6) is 5.75 Å². The van der Waals surface area contributed by atoms with E-state index >= 15 is 0 Å². The zero-order chi connectivity index (χ0) is 19.6. The summed E-state index contributed by atoms with van der Waals surface area (Å²) in [7, 11) is 1.65. The number of hydrogen-bond donors (Lipinski definition) is 0. The molecule has 5 nitrogen and oxygen atoms in total. The summed E-state index contributed by atoms with van der Waals surface area (Å²) in [5.74, 6) is 0.643. The second-order valence-corrected chi connectivity index (χ2v) is 7.28. The van der Waals surface area contributed by atoms with Gasteiger partial charge in [-0.2, -0.15) is 5.26 Å². The molecule has 0 aliphatic carbocycles. The summed E-state index contributed by atoms with van der Waals surface area (Å²) >= 11 is 0. The third-order valence-corrected chi connectivity index (χ3v) is 3.89. The summed E-state index contributed by atoms with van der Waals surface area (Å²) in [6, 6.07) is 10.1. The van der Waals surface area contributed by atoms with Crippen molar-refractivity contribution in [2.45, 2.75) is 58.7 Å². The molecule has 0 spiro atoms. The van der Waals surface area contributed by atoms with Crippen LogP contribution in [-0.2, 0) is 16.1 Å². The Morgan fingerprint density at radius 1 is 1.31 bits per heavy atom. The van der Waals surface area contributed by atoms with Crippen LogP contribution in [-0.4, -0.2) is 36.2 Å². The molecular formula is C21H30N2O3. The van der Waals surface area contributed by atoms with Gasteiger partial charge < -0.3 is 9.47 Å². The molecule has 1 aromatic carbocycles. The Bertz CT molecular complexity index is 624. The number of allylic oxidation sites excluding steroid dienone is 1. The van der Waals surface area contributed by atoms with Gasteiger partial charge in [-0.15, -0.1) is 0 Å². The number of ether oxygens (including phenoxy) is 2. The molecule has 0 bridgehead atoms. The number of nitriles is 1. The maximum Gasteiger partial charge on any atom is 0.306 e. The van der Waals surface area contributed by atoms with Gasteiger partial charge in [0.1, 0.15) is 11.4 Å². The summed E-state index contributed by atoms with van der Waals surface area (Å²) in [5.41, 5.74) is 0.693. The van der Waals surface area contributed by atoms with E-state index in [4.69, 9.17) is 14.7 Å². The van der Waals surface area contributed by atoms with Gasteiger partial charge in [0, 0.05) is 31.6 Å². The highest BCUT2D eigenvalue weighted by molar-refractivity contribution is 5.69. The zero-order valence-electron chi connectivity index (χ0n) is 16.5. The van der Waals surface area contributed by atoms with Crippen LogP contribution in [0.2, 0.25) is 0 Å². The Labute approximate surface area is 157 Å². The highest BCUT2D eigenvalue weighted by Crippen LogP contribution is 2.17. The molecule has 0 saturated heterocycles. The second kappa shape index (κ2) is 10.6. The first kappa shape index (κ1) is 21.7. The minimum atomic E-state index is -0.460. The molecule has 0 aliphatic heterocycles. The summed E-state index contributed by atoms with van der Waals surface area (Å²) in [5, 5.41) is 8.72. The normalized spacial score (nSPS) is 12.8. The molecule has 26 heavy (non-hydrogen) atoms. The van der Waals surface area contributed by atoms with Crippen molar-refractivity contribution in [1.82, 2.24) is 4.90 Å². The third-order valence-electron chi connectivity index (χ3n) is 3.89. The fourth-order valence-corrected chi connectivity index (χ4v) is 2.51. The van der Waals surface area contributed by atoms with E-state index in [1.165, 1.54) is 6.08 Å². The maximum absolute atomic E-state index is 12.0. The lowest BCUT2D eigenvalue weighted by Crippen LogP contribution is -2.34. The Kier molecular flexibility index (Phi) is 8.87. The lowest BCUT2D eigenvalue weighted by Gasteiger charge is -2.28. The molecule has 1 atom stereocenters. The first-order valence-electron chi connectivity index (χ1n) is 8.88. The highest BCUT2D eigenvalue weighted by atomic mass is 16.6. The number of methoxy groups -OCH3 is 1. The lowest BCUT2D eigenvalue weighted by atomic mass is 10.1. The van der Waals surface area contributed by atoms with Crippen molar-refractivity contribution >= 4 is 5.97 Å². The van der Waals surface area contributed by atoms with Crippen molar-refractivity contribution in [3.63, 3.8) is 0 Å². The largest absolute Gasteiger partial charge is 0.497 e. The zero-order valence-corrected chi connectivity index (χ0v) is 16.5. The van der Waals surface area contributed by atoms with Crippen LogP contribution >= 0.6 is 0 Å². The fourth-order valence-electron chi connectivity index (χ4n) is 2.51. The average molecular weight is 358 g/mol. The molecule has 0 aromatic heterocycles. The molecule has 0 saturated carbocycles. The van der Waals surface area contributed by atoms with Crippen molar-refractivity contribution in [3.8, 4) is 11.8 Å². The van der Waals surface area contributed by atoms with Crippen LogP contribution in [0.3, 0.4) is 0 Å². The van der Waals surface area contributed by atoms with Gasteiger partial charge >= 0.3 is 5.97 Å². The SMILES string of the molecule is COc1ccc(CN(C/C=C/C#N)C(C)CCC(=O)OC(C)(C)C)cc1. The average Bonchev–Trinajstić information content (AvgIpc) is 2.58. The third kappa shape index (κ3) is 8.68. The molecule has 0 heterocycles. The second-order valence-electron chi connectivity index (χ2n) is 7.28. The van der Waals surface area contributed by atoms with Gasteiger partial charge in [-0.25, -0.2) is 0 Å². The van der Waals surface area contributed by atoms with Crippen LogP contribution < -0.4 is 4.74 Å². The molecule has 0 amide bonds. The molecule has 0 aliphatic rings. The minimum absolute atomic E-state index is 0.174. The highest BCUT2D eigenvalue weighted by Gasteiger charge is 2.19. The molecular weight excluding hydrogens is 328 g/mol. The van der Waals surface area contributed by atoms with E-state index in [1.54, 1.807) is 7.11 Å². The van der Waals surface area contributed by atoms with Gasteiger partial charge in [-0.05, 0) is 51.8 Å². The van der Waals surface area contributed by atoms with Gasteiger partial charge in [-0.3, -0.25) is 9.69 Å². The van der Waals surface area contributed by atoms with Crippen LogP contribution in [0.1, 0.15) is 46.1 Å². The van der Waals surface area contributed by atoms with Crippen LogP contribution in [0.4, 0.5) is 0 Å².